The largest absolute Gasteiger partial charge is 0.494 e. The van der Waals surface area contributed by atoms with E-state index in [2.05, 4.69) is 49.4 Å². The van der Waals surface area contributed by atoms with Crippen LogP contribution in [0, 0.1) is 6.92 Å². The van der Waals surface area contributed by atoms with Crippen LogP contribution in [-0.4, -0.2) is 13.2 Å². The molecule has 116 valence electrons. The van der Waals surface area contributed by atoms with E-state index < -0.39 is 0 Å². The zero-order valence-corrected chi connectivity index (χ0v) is 13.3. The zero-order valence-electron chi connectivity index (χ0n) is 13.3. The minimum atomic E-state index is 0.371. The monoisotopic (exact) mass is 295 g/mol. The summed E-state index contributed by atoms with van der Waals surface area (Å²) in [5.41, 5.74) is 11.6. The highest BCUT2D eigenvalue weighted by atomic mass is 16.5. The topological polar surface area (TPSA) is 35.2 Å². The second-order valence-corrected chi connectivity index (χ2v) is 6.21. The van der Waals surface area contributed by atoms with Gasteiger partial charge in [-0.25, -0.2) is 0 Å². The summed E-state index contributed by atoms with van der Waals surface area (Å²) >= 11 is 0. The number of benzene rings is 2. The molecule has 0 fully saturated rings. The van der Waals surface area contributed by atoms with Crippen molar-refractivity contribution in [2.45, 2.75) is 38.5 Å². The van der Waals surface area contributed by atoms with E-state index in [1.54, 1.807) is 0 Å². The lowest BCUT2D eigenvalue weighted by molar-refractivity contribution is 0.298. The molecule has 1 atom stereocenters. The number of rotatable bonds is 6. The van der Waals surface area contributed by atoms with E-state index in [0.717, 1.165) is 18.8 Å². The number of fused-ring (bicyclic) bond motifs is 1. The Morgan fingerprint density at radius 2 is 1.91 bits per heavy atom. The van der Waals surface area contributed by atoms with Gasteiger partial charge in [0, 0.05) is 0 Å². The Bertz CT molecular complexity index is 635. The quantitative estimate of drug-likeness (QED) is 0.874. The SMILES string of the molecule is Cc1ccccc1C(CN)CCOc1ccc2c(c1)CCC2. The van der Waals surface area contributed by atoms with Crippen molar-refractivity contribution in [3.8, 4) is 5.75 Å². The molecule has 0 aromatic heterocycles. The van der Waals surface area contributed by atoms with Crippen LogP contribution in [0.4, 0.5) is 0 Å². The number of nitrogens with two attached hydrogens (primary N) is 1. The van der Waals surface area contributed by atoms with E-state index in [1.165, 1.54) is 41.5 Å². The van der Waals surface area contributed by atoms with Gasteiger partial charge >= 0.3 is 0 Å². The molecule has 2 N–H and O–H groups in total. The van der Waals surface area contributed by atoms with Gasteiger partial charge in [-0.05, 0) is 79.5 Å². The fraction of sp³-hybridized carbons (Fsp3) is 0.400. The average molecular weight is 295 g/mol. The molecule has 2 heteroatoms. The summed E-state index contributed by atoms with van der Waals surface area (Å²) in [6.07, 6.45) is 4.65. The summed E-state index contributed by atoms with van der Waals surface area (Å²) in [4.78, 5) is 0. The van der Waals surface area contributed by atoms with Crippen molar-refractivity contribution >= 4 is 0 Å². The highest BCUT2D eigenvalue weighted by Gasteiger charge is 2.13. The summed E-state index contributed by atoms with van der Waals surface area (Å²) < 4.78 is 5.97. The lowest BCUT2D eigenvalue weighted by atomic mass is 9.92. The second-order valence-electron chi connectivity index (χ2n) is 6.21. The molecule has 0 radical (unpaired) electrons. The summed E-state index contributed by atoms with van der Waals surface area (Å²) in [5, 5.41) is 0. The molecule has 1 aliphatic rings. The van der Waals surface area contributed by atoms with E-state index in [-0.39, 0.29) is 0 Å². The standard InChI is InChI=1S/C20H25NO/c1-15-5-2-3-8-20(15)18(14-21)11-12-22-19-10-9-16-6-4-7-17(16)13-19/h2-3,5,8-10,13,18H,4,6-7,11-12,14,21H2,1H3. The number of aryl methyl sites for hydroxylation is 3. The molecule has 0 aliphatic heterocycles. The maximum absolute atomic E-state index is 5.97. The Hall–Kier alpha value is -1.80. The van der Waals surface area contributed by atoms with Crippen LogP contribution >= 0.6 is 0 Å². The van der Waals surface area contributed by atoms with Crippen molar-refractivity contribution < 1.29 is 4.74 Å². The zero-order chi connectivity index (χ0) is 15.4. The fourth-order valence-corrected chi connectivity index (χ4v) is 3.40. The summed E-state index contributed by atoms with van der Waals surface area (Å²) in [7, 11) is 0. The predicted octanol–water partition coefficient (Wildman–Crippen LogP) is 4.00. The molecule has 22 heavy (non-hydrogen) atoms. The Balaban J connectivity index is 1.59. The first-order valence-corrected chi connectivity index (χ1v) is 8.28. The van der Waals surface area contributed by atoms with Crippen LogP contribution in [0.1, 0.15) is 41.0 Å². The Morgan fingerprint density at radius 3 is 2.73 bits per heavy atom. The third kappa shape index (κ3) is 3.33. The maximum Gasteiger partial charge on any atom is 0.119 e. The minimum absolute atomic E-state index is 0.371. The van der Waals surface area contributed by atoms with Crippen LogP contribution in [0.3, 0.4) is 0 Å². The van der Waals surface area contributed by atoms with Crippen molar-refractivity contribution in [3.63, 3.8) is 0 Å². The van der Waals surface area contributed by atoms with Crippen LogP contribution in [0.25, 0.3) is 0 Å². The highest BCUT2D eigenvalue weighted by molar-refractivity contribution is 5.38. The van der Waals surface area contributed by atoms with Crippen LogP contribution in [0.15, 0.2) is 42.5 Å². The van der Waals surface area contributed by atoms with E-state index >= 15 is 0 Å². The normalized spacial score (nSPS) is 14.6. The van der Waals surface area contributed by atoms with Crippen LogP contribution in [-0.2, 0) is 12.8 Å². The lowest BCUT2D eigenvalue weighted by Gasteiger charge is -2.18. The van der Waals surface area contributed by atoms with Crippen molar-refractivity contribution in [3.05, 3.63) is 64.7 Å². The molecular weight excluding hydrogens is 270 g/mol. The van der Waals surface area contributed by atoms with Crippen LogP contribution in [0.5, 0.6) is 5.75 Å². The number of hydrogen-bond acceptors (Lipinski definition) is 2. The summed E-state index contributed by atoms with van der Waals surface area (Å²) in [5.74, 6) is 1.37. The van der Waals surface area contributed by atoms with E-state index in [9.17, 15) is 0 Å². The molecule has 0 amide bonds. The Morgan fingerprint density at radius 1 is 1.09 bits per heavy atom. The molecule has 0 saturated carbocycles. The molecular formula is C20H25NO. The Kier molecular flexibility index (Phi) is 4.79. The number of ether oxygens (including phenoxy) is 1. The maximum atomic E-state index is 5.97. The van der Waals surface area contributed by atoms with Gasteiger partial charge in [-0.3, -0.25) is 0 Å². The lowest BCUT2D eigenvalue weighted by Crippen LogP contribution is -2.16. The van der Waals surface area contributed by atoms with Gasteiger partial charge in [0.1, 0.15) is 5.75 Å². The van der Waals surface area contributed by atoms with Crippen molar-refractivity contribution in [2.24, 2.45) is 5.73 Å². The third-order valence-electron chi connectivity index (χ3n) is 4.72. The minimum Gasteiger partial charge on any atom is -0.494 e. The first kappa shape index (κ1) is 15.1. The average Bonchev–Trinajstić information content (AvgIpc) is 3.00. The van der Waals surface area contributed by atoms with E-state index in [1.807, 2.05) is 0 Å². The van der Waals surface area contributed by atoms with Crippen molar-refractivity contribution in [1.29, 1.82) is 0 Å². The third-order valence-corrected chi connectivity index (χ3v) is 4.72. The molecule has 1 aliphatic carbocycles. The van der Waals surface area contributed by atoms with E-state index in [0.29, 0.717) is 12.5 Å². The van der Waals surface area contributed by atoms with Crippen molar-refractivity contribution in [1.82, 2.24) is 0 Å². The molecule has 2 aromatic rings. The van der Waals surface area contributed by atoms with Gasteiger partial charge in [-0.15, -0.1) is 0 Å². The smallest absolute Gasteiger partial charge is 0.119 e. The Labute approximate surface area is 133 Å². The predicted molar refractivity (Wildman–Crippen MR) is 91.6 cm³/mol. The van der Waals surface area contributed by atoms with Crippen molar-refractivity contribution in [2.75, 3.05) is 13.2 Å². The molecule has 1 unspecified atom stereocenters. The van der Waals surface area contributed by atoms with Gasteiger partial charge in [0.05, 0.1) is 6.61 Å². The molecule has 2 aromatic carbocycles. The van der Waals surface area contributed by atoms with Crippen LogP contribution in [0.2, 0.25) is 0 Å². The highest BCUT2D eigenvalue weighted by Crippen LogP contribution is 2.27. The van der Waals surface area contributed by atoms with Gasteiger partial charge in [0.15, 0.2) is 0 Å². The molecule has 3 rings (SSSR count). The second kappa shape index (κ2) is 6.97. The first-order valence-electron chi connectivity index (χ1n) is 8.28. The van der Waals surface area contributed by atoms with Crippen LogP contribution < -0.4 is 10.5 Å². The molecule has 0 heterocycles. The van der Waals surface area contributed by atoms with Gasteiger partial charge in [-0.1, -0.05) is 30.3 Å². The van der Waals surface area contributed by atoms with E-state index in [4.69, 9.17) is 10.5 Å². The molecule has 0 bridgehead atoms. The molecule has 0 saturated heterocycles. The molecule has 0 spiro atoms. The van der Waals surface area contributed by atoms with Gasteiger partial charge in [-0.2, -0.15) is 0 Å². The van der Waals surface area contributed by atoms with Gasteiger partial charge in [0.25, 0.3) is 0 Å². The fourth-order valence-electron chi connectivity index (χ4n) is 3.40. The van der Waals surface area contributed by atoms with Gasteiger partial charge < -0.3 is 10.5 Å². The first-order chi connectivity index (χ1) is 10.8. The molecule has 2 nitrogen and oxygen atoms in total. The number of hydrogen-bond donors (Lipinski definition) is 1. The van der Waals surface area contributed by atoms with Gasteiger partial charge in [0.2, 0.25) is 0 Å². The summed E-state index contributed by atoms with van der Waals surface area (Å²) in [6, 6.07) is 15.0. The summed E-state index contributed by atoms with van der Waals surface area (Å²) in [6.45, 7) is 3.53.